The molecule has 0 aromatic rings. The van der Waals surface area contributed by atoms with Crippen molar-refractivity contribution in [3.05, 3.63) is 0 Å². The first-order chi connectivity index (χ1) is 4.61. The van der Waals surface area contributed by atoms with E-state index in [2.05, 4.69) is 10.6 Å². The van der Waals surface area contributed by atoms with E-state index in [1.807, 2.05) is 0 Å². The monoisotopic (exact) mass is 140 g/mol. The lowest BCUT2D eigenvalue weighted by Crippen LogP contribution is -2.49. The standard InChI is InChI=1S/C4N2O4/c7-1-2(8)6-4(10)3(9)5-1. The van der Waals surface area contributed by atoms with Crippen LogP contribution in [0.15, 0.2) is 0 Å². The second-order valence-corrected chi connectivity index (χ2v) is 1.44. The van der Waals surface area contributed by atoms with Crippen LogP contribution in [0.4, 0.5) is 0 Å². The molecule has 1 heterocycles. The van der Waals surface area contributed by atoms with Crippen molar-refractivity contribution in [1.29, 1.82) is 0 Å². The molecular formula is C4N2O4. The topological polar surface area (TPSA) is 96.5 Å². The summed E-state index contributed by atoms with van der Waals surface area (Å²) in [5.41, 5.74) is 0. The summed E-state index contributed by atoms with van der Waals surface area (Å²) < 4.78 is 0. The minimum atomic E-state index is -1.29. The van der Waals surface area contributed by atoms with Gasteiger partial charge in [0.05, 0.1) is 0 Å². The van der Waals surface area contributed by atoms with Crippen LogP contribution in [0.5, 0.6) is 0 Å². The zero-order chi connectivity index (χ0) is 7.72. The van der Waals surface area contributed by atoms with Crippen molar-refractivity contribution in [2.24, 2.45) is 0 Å². The van der Waals surface area contributed by atoms with Gasteiger partial charge < -0.3 is 0 Å². The molecule has 0 atom stereocenters. The van der Waals surface area contributed by atoms with Crippen LogP contribution in [0.25, 0.3) is 0 Å². The SMILES string of the molecule is O=C1[N]C(=O)C(=O)[N]C1=O. The van der Waals surface area contributed by atoms with Crippen LogP contribution in [0, 0.1) is 0 Å². The van der Waals surface area contributed by atoms with E-state index >= 15 is 0 Å². The largest absolute Gasteiger partial charge is 0.341 e. The summed E-state index contributed by atoms with van der Waals surface area (Å²) in [4.78, 5) is 40.7. The number of hydrogen-bond acceptors (Lipinski definition) is 4. The minimum Gasteiger partial charge on any atom is -0.261 e. The molecule has 10 heavy (non-hydrogen) atoms. The summed E-state index contributed by atoms with van der Waals surface area (Å²) in [6, 6.07) is 0. The molecule has 0 bridgehead atoms. The maximum Gasteiger partial charge on any atom is 0.341 e. The van der Waals surface area contributed by atoms with Crippen molar-refractivity contribution in [1.82, 2.24) is 10.6 Å². The summed E-state index contributed by atoms with van der Waals surface area (Å²) in [7, 11) is 0. The molecule has 0 spiro atoms. The summed E-state index contributed by atoms with van der Waals surface area (Å²) >= 11 is 0. The van der Waals surface area contributed by atoms with E-state index < -0.39 is 23.6 Å². The Kier molecular flexibility index (Phi) is 1.22. The first-order valence-corrected chi connectivity index (χ1v) is 2.21. The van der Waals surface area contributed by atoms with E-state index in [4.69, 9.17) is 0 Å². The van der Waals surface area contributed by atoms with Crippen molar-refractivity contribution in [3.8, 4) is 0 Å². The highest BCUT2D eigenvalue weighted by atomic mass is 16.2. The zero-order valence-electron chi connectivity index (χ0n) is 4.53. The number of amides is 4. The lowest BCUT2D eigenvalue weighted by Gasteiger charge is -2.02. The number of rotatable bonds is 0. The van der Waals surface area contributed by atoms with Gasteiger partial charge in [0.2, 0.25) is 0 Å². The predicted molar refractivity (Wildman–Crippen MR) is 24.3 cm³/mol. The Labute approximate surface area is 54.6 Å². The van der Waals surface area contributed by atoms with Gasteiger partial charge in [-0.25, -0.2) is 0 Å². The lowest BCUT2D eigenvalue weighted by molar-refractivity contribution is -0.153. The molecule has 1 aliphatic heterocycles. The molecule has 0 aromatic carbocycles. The van der Waals surface area contributed by atoms with Crippen LogP contribution in [0.3, 0.4) is 0 Å². The van der Waals surface area contributed by atoms with E-state index in [0.29, 0.717) is 0 Å². The molecule has 0 unspecified atom stereocenters. The molecule has 50 valence electrons. The lowest BCUT2D eigenvalue weighted by atomic mass is 10.4. The maximum atomic E-state index is 10.2. The normalized spacial score (nSPS) is 18.4. The molecule has 4 amide bonds. The number of hydrogen-bond donors (Lipinski definition) is 0. The van der Waals surface area contributed by atoms with Crippen molar-refractivity contribution >= 4 is 23.6 Å². The van der Waals surface area contributed by atoms with Gasteiger partial charge in [-0.05, 0) is 0 Å². The highest BCUT2D eigenvalue weighted by molar-refractivity contribution is 6.54. The van der Waals surface area contributed by atoms with Crippen molar-refractivity contribution < 1.29 is 19.2 Å². The molecule has 1 fully saturated rings. The first-order valence-electron chi connectivity index (χ1n) is 2.21. The second-order valence-electron chi connectivity index (χ2n) is 1.44. The van der Waals surface area contributed by atoms with E-state index in [9.17, 15) is 19.2 Å². The zero-order valence-corrected chi connectivity index (χ0v) is 4.53. The highest BCUT2D eigenvalue weighted by Crippen LogP contribution is 1.84. The fraction of sp³-hybridized carbons (Fsp3) is 0. The number of carbonyl (C=O) groups excluding carboxylic acids is 4. The van der Waals surface area contributed by atoms with Crippen LogP contribution in [-0.2, 0) is 19.2 Å². The van der Waals surface area contributed by atoms with Gasteiger partial charge in [0.1, 0.15) is 0 Å². The molecule has 1 rings (SSSR count). The molecule has 1 saturated heterocycles. The predicted octanol–water partition coefficient (Wildman–Crippen LogP) is -2.68. The van der Waals surface area contributed by atoms with E-state index in [1.54, 1.807) is 0 Å². The quantitative estimate of drug-likeness (QED) is 0.270. The molecule has 6 nitrogen and oxygen atoms in total. The van der Waals surface area contributed by atoms with Gasteiger partial charge >= 0.3 is 23.6 Å². The van der Waals surface area contributed by atoms with Gasteiger partial charge in [0, 0.05) is 0 Å². The fourth-order valence-electron chi connectivity index (χ4n) is 0.376. The maximum absolute atomic E-state index is 10.2. The van der Waals surface area contributed by atoms with Crippen molar-refractivity contribution in [2.75, 3.05) is 0 Å². The highest BCUT2D eigenvalue weighted by Gasteiger charge is 2.34. The summed E-state index contributed by atoms with van der Waals surface area (Å²) in [6.45, 7) is 0. The third-order valence-corrected chi connectivity index (χ3v) is 0.772. The molecule has 6 heteroatoms. The number of carbonyl (C=O) groups is 4. The van der Waals surface area contributed by atoms with Gasteiger partial charge in [-0.15, -0.1) is 0 Å². The van der Waals surface area contributed by atoms with Gasteiger partial charge in [0.25, 0.3) is 0 Å². The third kappa shape index (κ3) is 0.859. The average Bonchev–Trinajstić information content (AvgIpc) is 1.84. The number of imide groups is 2. The van der Waals surface area contributed by atoms with Crippen molar-refractivity contribution in [2.45, 2.75) is 0 Å². The van der Waals surface area contributed by atoms with E-state index in [1.165, 1.54) is 0 Å². The first kappa shape index (κ1) is 6.40. The molecular weight excluding hydrogens is 140 g/mol. The smallest absolute Gasteiger partial charge is 0.261 e. The Morgan fingerprint density at radius 3 is 1.00 bits per heavy atom. The van der Waals surface area contributed by atoms with Crippen LogP contribution >= 0.6 is 0 Å². The molecule has 1 aliphatic rings. The molecule has 0 N–H and O–H groups in total. The minimum absolute atomic E-state index is 1.29. The van der Waals surface area contributed by atoms with E-state index in [0.717, 1.165) is 0 Å². The average molecular weight is 140 g/mol. The molecule has 0 saturated carbocycles. The molecule has 0 aromatic heterocycles. The Balaban J connectivity index is 2.82. The van der Waals surface area contributed by atoms with Crippen LogP contribution < -0.4 is 10.6 Å². The van der Waals surface area contributed by atoms with Crippen molar-refractivity contribution in [3.63, 3.8) is 0 Å². The molecule has 0 aliphatic carbocycles. The van der Waals surface area contributed by atoms with Gasteiger partial charge in [0.15, 0.2) is 0 Å². The fourth-order valence-corrected chi connectivity index (χ4v) is 0.376. The number of piperazine rings is 1. The summed E-state index contributed by atoms with van der Waals surface area (Å²) in [5.74, 6) is -5.15. The van der Waals surface area contributed by atoms with E-state index in [-0.39, 0.29) is 0 Å². The Morgan fingerprint density at radius 2 is 0.800 bits per heavy atom. The third-order valence-electron chi connectivity index (χ3n) is 0.772. The summed E-state index contributed by atoms with van der Waals surface area (Å²) in [6.07, 6.45) is 0. The van der Waals surface area contributed by atoms with Gasteiger partial charge in [-0.1, -0.05) is 0 Å². The van der Waals surface area contributed by atoms with Gasteiger partial charge in [-0.2, -0.15) is 10.6 Å². The Morgan fingerprint density at radius 1 is 0.600 bits per heavy atom. The van der Waals surface area contributed by atoms with Crippen LogP contribution in [0.2, 0.25) is 0 Å². The second kappa shape index (κ2) is 1.90. The summed E-state index contributed by atoms with van der Waals surface area (Å²) in [5, 5.41) is 5.15. The Hall–Kier alpha value is -1.72. The number of nitrogens with zero attached hydrogens (tertiary/aromatic N) is 2. The Bertz CT molecular complexity index is 194. The van der Waals surface area contributed by atoms with Crippen LogP contribution in [0.1, 0.15) is 0 Å². The van der Waals surface area contributed by atoms with Crippen LogP contribution in [-0.4, -0.2) is 23.6 Å². The molecule has 2 radical (unpaired) electrons. The van der Waals surface area contributed by atoms with Gasteiger partial charge in [-0.3, -0.25) is 19.2 Å².